The lowest BCUT2D eigenvalue weighted by molar-refractivity contribution is -0.119. The Morgan fingerprint density at radius 1 is 1.30 bits per heavy atom. The molecule has 0 fully saturated rings. The quantitative estimate of drug-likeness (QED) is 0.887. The van der Waals surface area contributed by atoms with Gasteiger partial charge in [-0.25, -0.2) is 0 Å². The zero-order valence-corrected chi connectivity index (χ0v) is 12.9. The van der Waals surface area contributed by atoms with Gasteiger partial charge in [0.1, 0.15) is 6.04 Å². The molecule has 1 N–H and O–H groups in total. The number of methoxy groups -OCH3 is 1. The Morgan fingerprint density at radius 3 is 2.61 bits per heavy atom. The van der Waals surface area contributed by atoms with Crippen LogP contribution in [0.25, 0.3) is 0 Å². The molecule has 0 aliphatic rings. The van der Waals surface area contributed by atoms with Crippen LogP contribution < -0.4 is 14.8 Å². The highest BCUT2D eigenvalue weighted by Crippen LogP contribution is 2.31. The number of nitrogens with zero attached hydrogens (tertiary/aromatic N) is 2. The fourth-order valence-corrected chi connectivity index (χ4v) is 1.95. The molecule has 23 heavy (non-hydrogen) atoms. The predicted octanol–water partition coefficient (Wildman–Crippen LogP) is 3.00. The number of nitrogens with one attached hydrogen (secondary N) is 1. The first-order valence-electron chi connectivity index (χ1n) is 6.86. The van der Waals surface area contributed by atoms with Crippen molar-refractivity contribution in [2.75, 3.05) is 12.4 Å². The van der Waals surface area contributed by atoms with Gasteiger partial charge in [0.2, 0.25) is 5.91 Å². The smallest absolute Gasteiger partial charge is 0.387 e. The van der Waals surface area contributed by atoms with Crippen LogP contribution in [0.5, 0.6) is 11.5 Å². The van der Waals surface area contributed by atoms with E-state index in [9.17, 15) is 13.6 Å². The van der Waals surface area contributed by atoms with Gasteiger partial charge in [-0.1, -0.05) is 0 Å². The minimum atomic E-state index is -2.95. The van der Waals surface area contributed by atoms with Gasteiger partial charge in [0.05, 0.1) is 12.8 Å². The molecule has 0 aliphatic heterocycles. The van der Waals surface area contributed by atoms with Crippen LogP contribution in [0.4, 0.5) is 14.5 Å². The van der Waals surface area contributed by atoms with Gasteiger partial charge in [0, 0.05) is 18.0 Å². The Bertz CT molecular complexity index is 688. The lowest BCUT2D eigenvalue weighted by Crippen LogP contribution is -2.24. The summed E-state index contributed by atoms with van der Waals surface area (Å²) >= 11 is 0. The highest BCUT2D eigenvalue weighted by molar-refractivity contribution is 5.93. The van der Waals surface area contributed by atoms with Gasteiger partial charge < -0.3 is 14.8 Å². The normalized spacial score (nSPS) is 12.1. The minimum Gasteiger partial charge on any atom is -0.493 e. The molecule has 1 aromatic heterocycles. The van der Waals surface area contributed by atoms with E-state index in [0.717, 1.165) is 5.69 Å². The molecule has 1 heterocycles. The van der Waals surface area contributed by atoms with Gasteiger partial charge in [-0.2, -0.15) is 13.9 Å². The topological polar surface area (TPSA) is 65.4 Å². The lowest BCUT2D eigenvalue weighted by Gasteiger charge is -2.15. The van der Waals surface area contributed by atoms with E-state index < -0.39 is 12.7 Å². The Balaban J connectivity index is 2.11. The summed E-state index contributed by atoms with van der Waals surface area (Å²) in [6, 6.07) is 5.45. The molecule has 0 spiro atoms. The molecule has 0 radical (unpaired) electrons. The number of amides is 1. The molecular weight excluding hydrogens is 308 g/mol. The molecule has 1 atom stereocenters. The van der Waals surface area contributed by atoms with E-state index in [-0.39, 0.29) is 17.4 Å². The second-order valence-corrected chi connectivity index (χ2v) is 4.85. The third-order valence-corrected chi connectivity index (χ3v) is 3.17. The molecule has 2 rings (SSSR count). The number of carbonyl (C=O) groups excluding carboxylic acids is 1. The standard InChI is InChI=1S/C15H17F2N3O3/c1-9-6-7-20(19-9)10(2)14(21)18-11-4-5-12(23-15(16)17)13(8-11)22-3/h4-8,10,15H,1-3H3,(H,18,21). The molecular formula is C15H17F2N3O3. The third kappa shape index (κ3) is 4.18. The molecule has 8 heteroatoms. The molecule has 1 unspecified atom stereocenters. The van der Waals surface area contributed by atoms with Gasteiger partial charge in [0.25, 0.3) is 0 Å². The third-order valence-electron chi connectivity index (χ3n) is 3.17. The number of ether oxygens (including phenoxy) is 2. The number of benzene rings is 1. The number of aromatic nitrogens is 2. The minimum absolute atomic E-state index is 0.101. The summed E-state index contributed by atoms with van der Waals surface area (Å²) in [5.41, 5.74) is 1.21. The van der Waals surface area contributed by atoms with Crippen LogP contribution in [0.15, 0.2) is 30.5 Å². The highest BCUT2D eigenvalue weighted by Gasteiger charge is 2.17. The van der Waals surface area contributed by atoms with Crippen LogP contribution in [-0.2, 0) is 4.79 Å². The van der Waals surface area contributed by atoms with Crippen LogP contribution in [-0.4, -0.2) is 29.4 Å². The van der Waals surface area contributed by atoms with E-state index in [1.165, 1.54) is 30.0 Å². The monoisotopic (exact) mass is 325 g/mol. The van der Waals surface area contributed by atoms with Gasteiger partial charge in [0.15, 0.2) is 11.5 Å². The summed E-state index contributed by atoms with van der Waals surface area (Å²) in [6.45, 7) is 0.577. The first-order valence-corrected chi connectivity index (χ1v) is 6.86. The number of rotatable bonds is 6. The summed E-state index contributed by atoms with van der Waals surface area (Å²) in [6.07, 6.45) is 1.71. The number of halogens is 2. The fourth-order valence-electron chi connectivity index (χ4n) is 1.95. The van der Waals surface area contributed by atoms with Gasteiger partial charge >= 0.3 is 6.61 Å². The summed E-state index contributed by atoms with van der Waals surface area (Å²) in [5, 5.41) is 6.86. The van der Waals surface area contributed by atoms with E-state index in [2.05, 4.69) is 15.2 Å². The zero-order chi connectivity index (χ0) is 17.0. The number of carbonyl (C=O) groups is 1. The second kappa shape index (κ2) is 7.08. The Morgan fingerprint density at radius 2 is 2.04 bits per heavy atom. The maximum absolute atomic E-state index is 12.3. The molecule has 0 saturated carbocycles. The molecule has 124 valence electrons. The number of alkyl halides is 2. The van der Waals surface area contributed by atoms with Crippen molar-refractivity contribution in [3.05, 3.63) is 36.2 Å². The number of hydrogen-bond acceptors (Lipinski definition) is 4. The first-order chi connectivity index (χ1) is 10.9. The van der Waals surface area contributed by atoms with E-state index in [0.29, 0.717) is 5.69 Å². The van der Waals surface area contributed by atoms with E-state index >= 15 is 0 Å². The van der Waals surface area contributed by atoms with Gasteiger partial charge in [-0.05, 0) is 32.0 Å². The molecule has 6 nitrogen and oxygen atoms in total. The first kappa shape index (κ1) is 16.7. The van der Waals surface area contributed by atoms with Crippen LogP contribution in [0.2, 0.25) is 0 Å². The zero-order valence-electron chi connectivity index (χ0n) is 12.9. The van der Waals surface area contributed by atoms with Gasteiger partial charge in [-0.15, -0.1) is 0 Å². The Hall–Kier alpha value is -2.64. The van der Waals surface area contributed by atoms with Crippen molar-refractivity contribution in [1.82, 2.24) is 9.78 Å². The van der Waals surface area contributed by atoms with Crippen molar-refractivity contribution in [2.45, 2.75) is 26.5 Å². The van der Waals surface area contributed by atoms with Crippen LogP contribution in [0.3, 0.4) is 0 Å². The summed E-state index contributed by atoms with van der Waals surface area (Å²) in [4.78, 5) is 12.2. The van der Waals surface area contributed by atoms with E-state index in [1.807, 2.05) is 6.92 Å². The summed E-state index contributed by atoms with van der Waals surface area (Å²) < 4.78 is 35.4. The summed E-state index contributed by atoms with van der Waals surface area (Å²) in [7, 11) is 1.33. The molecule has 2 aromatic rings. The molecule has 1 amide bonds. The Kier molecular flexibility index (Phi) is 5.15. The lowest BCUT2D eigenvalue weighted by atomic mass is 10.2. The summed E-state index contributed by atoms with van der Waals surface area (Å²) in [5.74, 6) is -0.292. The average Bonchev–Trinajstić information content (AvgIpc) is 2.93. The van der Waals surface area contributed by atoms with Crippen molar-refractivity contribution >= 4 is 11.6 Å². The van der Waals surface area contributed by atoms with Crippen LogP contribution in [0.1, 0.15) is 18.7 Å². The fraction of sp³-hybridized carbons (Fsp3) is 0.333. The largest absolute Gasteiger partial charge is 0.493 e. The van der Waals surface area contributed by atoms with Crippen LogP contribution >= 0.6 is 0 Å². The highest BCUT2D eigenvalue weighted by atomic mass is 19.3. The van der Waals surface area contributed by atoms with E-state index in [4.69, 9.17) is 4.74 Å². The molecule has 0 saturated heterocycles. The Labute approximate surface area is 132 Å². The van der Waals surface area contributed by atoms with Crippen molar-refractivity contribution < 1.29 is 23.0 Å². The number of aryl methyl sites for hydroxylation is 1. The van der Waals surface area contributed by atoms with Gasteiger partial charge in [-0.3, -0.25) is 9.48 Å². The van der Waals surface area contributed by atoms with Crippen molar-refractivity contribution in [2.24, 2.45) is 0 Å². The molecule has 0 bridgehead atoms. The maximum atomic E-state index is 12.3. The second-order valence-electron chi connectivity index (χ2n) is 4.85. The average molecular weight is 325 g/mol. The van der Waals surface area contributed by atoms with Crippen molar-refractivity contribution in [3.63, 3.8) is 0 Å². The SMILES string of the molecule is COc1cc(NC(=O)C(C)n2ccc(C)n2)ccc1OC(F)F. The van der Waals surface area contributed by atoms with Crippen LogP contribution in [0, 0.1) is 6.92 Å². The number of anilines is 1. The maximum Gasteiger partial charge on any atom is 0.387 e. The number of hydrogen-bond donors (Lipinski definition) is 1. The molecule has 1 aromatic carbocycles. The molecule has 0 aliphatic carbocycles. The van der Waals surface area contributed by atoms with Crippen molar-refractivity contribution in [1.29, 1.82) is 0 Å². The van der Waals surface area contributed by atoms with Crippen molar-refractivity contribution in [3.8, 4) is 11.5 Å². The predicted molar refractivity (Wildman–Crippen MR) is 79.9 cm³/mol. The van der Waals surface area contributed by atoms with E-state index in [1.54, 1.807) is 19.2 Å².